The SMILES string of the molecule is CCCCOCC1=C[C@@H](c2ccc3c(SC)ncnn23)C[C@H]1O. The van der Waals surface area contributed by atoms with E-state index in [1.54, 1.807) is 18.1 Å². The number of fused-ring (bicyclic) bond motifs is 1. The van der Waals surface area contributed by atoms with Crippen molar-refractivity contribution in [2.75, 3.05) is 19.5 Å². The average molecular weight is 333 g/mol. The van der Waals surface area contributed by atoms with E-state index in [1.807, 2.05) is 10.8 Å². The molecule has 0 aliphatic heterocycles. The van der Waals surface area contributed by atoms with Crippen molar-refractivity contribution in [3.05, 3.63) is 35.8 Å². The summed E-state index contributed by atoms with van der Waals surface area (Å²) >= 11 is 1.61. The molecule has 0 radical (unpaired) electrons. The van der Waals surface area contributed by atoms with Crippen molar-refractivity contribution in [1.29, 1.82) is 0 Å². The third kappa shape index (κ3) is 3.44. The van der Waals surface area contributed by atoms with Crippen LogP contribution in [0.15, 0.2) is 35.1 Å². The normalized spacial score (nSPS) is 21.1. The van der Waals surface area contributed by atoms with Crippen LogP contribution in [0.2, 0.25) is 0 Å². The van der Waals surface area contributed by atoms with E-state index in [0.717, 1.165) is 41.3 Å². The van der Waals surface area contributed by atoms with Gasteiger partial charge >= 0.3 is 0 Å². The summed E-state index contributed by atoms with van der Waals surface area (Å²) in [7, 11) is 0. The molecule has 3 rings (SSSR count). The van der Waals surface area contributed by atoms with E-state index in [9.17, 15) is 5.11 Å². The summed E-state index contributed by atoms with van der Waals surface area (Å²) in [4.78, 5) is 4.30. The van der Waals surface area contributed by atoms with Gasteiger partial charge in [-0.3, -0.25) is 0 Å². The minimum Gasteiger partial charge on any atom is -0.389 e. The van der Waals surface area contributed by atoms with E-state index >= 15 is 0 Å². The number of ether oxygens (including phenoxy) is 1. The maximum absolute atomic E-state index is 10.3. The van der Waals surface area contributed by atoms with Gasteiger partial charge < -0.3 is 9.84 Å². The van der Waals surface area contributed by atoms with E-state index in [4.69, 9.17) is 4.74 Å². The van der Waals surface area contributed by atoms with Crippen LogP contribution in [0, 0.1) is 0 Å². The molecule has 1 N–H and O–H groups in total. The molecule has 0 fully saturated rings. The fourth-order valence-corrected chi connectivity index (χ4v) is 3.50. The Morgan fingerprint density at radius 3 is 3.09 bits per heavy atom. The van der Waals surface area contributed by atoms with Gasteiger partial charge in [-0.25, -0.2) is 9.50 Å². The summed E-state index contributed by atoms with van der Waals surface area (Å²) in [5.41, 5.74) is 3.10. The summed E-state index contributed by atoms with van der Waals surface area (Å²) in [5.74, 6) is 0.168. The molecular weight excluding hydrogens is 310 g/mol. The van der Waals surface area contributed by atoms with Crippen molar-refractivity contribution in [3.8, 4) is 0 Å². The van der Waals surface area contributed by atoms with Gasteiger partial charge in [0, 0.05) is 18.2 Å². The Kier molecular flexibility index (Phi) is 5.35. The van der Waals surface area contributed by atoms with Gasteiger partial charge in [0.05, 0.1) is 18.2 Å². The maximum atomic E-state index is 10.3. The van der Waals surface area contributed by atoms with E-state index in [0.29, 0.717) is 13.0 Å². The monoisotopic (exact) mass is 333 g/mol. The first-order chi connectivity index (χ1) is 11.2. The lowest BCUT2D eigenvalue weighted by Gasteiger charge is -2.10. The topological polar surface area (TPSA) is 59.7 Å². The van der Waals surface area contributed by atoms with Crippen LogP contribution >= 0.6 is 11.8 Å². The smallest absolute Gasteiger partial charge is 0.137 e. The van der Waals surface area contributed by atoms with Gasteiger partial charge in [-0.1, -0.05) is 19.4 Å². The summed E-state index contributed by atoms with van der Waals surface area (Å²) in [6.45, 7) is 3.42. The van der Waals surface area contributed by atoms with Crippen LogP contribution in [0.4, 0.5) is 0 Å². The molecule has 2 atom stereocenters. The number of unbranched alkanes of at least 4 members (excludes halogenated alkanes) is 1. The van der Waals surface area contributed by atoms with Crippen LogP contribution < -0.4 is 0 Å². The lowest BCUT2D eigenvalue weighted by Crippen LogP contribution is -2.11. The molecule has 0 unspecified atom stereocenters. The minimum absolute atomic E-state index is 0.168. The van der Waals surface area contributed by atoms with Gasteiger partial charge in [-0.2, -0.15) is 5.10 Å². The minimum atomic E-state index is -0.422. The van der Waals surface area contributed by atoms with E-state index < -0.39 is 6.10 Å². The highest BCUT2D eigenvalue weighted by Gasteiger charge is 2.28. The molecule has 2 heterocycles. The predicted octanol–water partition coefficient (Wildman–Crippen LogP) is 3.04. The molecule has 2 aromatic heterocycles. The highest BCUT2D eigenvalue weighted by Crippen LogP contribution is 2.34. The zero-order chi connectivity index (χ0) is 16.2. The molecule has 23 heavy (non-hydrogen) atoms. The first-order valence-electron chi connectivity index (χ1n) is 8.07. The van der Waals surface area contributed by atoms with E-state index in [2.05, 4.69) is 35.2 Å². The first kappa shape index (κ1) is 16.5. The molecule has 2 aromatic rings. The Morgan fingerprint density at radius 1 is 1.43 bits per heavy atom. The number of hydrogen-bond acceptors (Lipinski definition) is 5. The molecule has 0 saturated heterocycles. The fourth-order valence-electron chi connectivity index (χ4n) is 2.99. The molecule has 1 aliphatic carbocycles. The largest absolute Gasteiger partial charge is 0.389 e. The summed E-state index contributed by atoms with van der Waals surface area (Å²) < 4.78 is 7.59. The second-order valence-corrected chi connectivity index (χ2v) is 6.63. The van der Waals surface area contributed by atoms with Crippen LogP contribution in [0.5, 0.6) is 0 Å². The Balaban J connectivity index is 1.78. The molecule has 124 valence electrons. The van der Waals surface area contributed by atoms with Gasteiger partial charge in [0.15, 0.2) is 0 Å². The summed E-state index contributed by atoms with van der Waals surface area (Å²) in [6, 6.07) is 4.13. The zero-order valence-corrected chi connectivity index (χ0v) is 14.4. The quantitative estimate of drug-likeness (QED) is 0.479. The van der Waals surface area contributed by atoms with Crippen molar-refractivity contribution in [1.82, 2.24) is 14.6 Å². The molecule has 1 aliphatic rings. The molecular formula is C17H23N3O2S. The van der Waals surface area contributed by atoms with Gasteiger partial charge in [0.25, 0.3) is 0 Å². The van der Waals surface area contributed by atoms with E-state index in [-0.39, 0.29) is 5.92 Å². The Bertz CT molecular complexity index is 698. The van der Waals surface area contributed by atoms with Crippen molar-refractivity contribution in [3.63, 3.8) is 0 Å². The average Bonchev–Trinajstić information content (AvgIpc) is 3.15. The number of nitrogens with zero attached hydrogens (tertiary/aromatic N) is 3. The molecule has 0 saturated carbocycles. The number of rotatable bonds is 7. The molecule has 0 aromatic carbocycles. The van der Waals surface area contributed by atoms with Gasteiger partial charge in [0.2, 0.25) is 0 Å². The molecule has 0 bridgehead atoms. The lowest BCUT2D eigenvalue weighted by atomic mass is 10.1. The number of hydrogen-bond donors (Lipinski definition) is 1. The maximum Gasteiger partial charge on any atom is 0.137 e. The number of thioether (sulfide) groups is 1. The number of allylic oxidation sites excluding steroid dienone is 1. The van der Waals surface area contributed by atoms with E-state index in [1.165, 1.54) is 0 Å². The molecule has 0 spiro atoms. The van der Waals surface area contributed by atoms with Crippen LogP contribution in [0.25, 0.3) is 5.52 Å². The number of aliphatic hydroxyl groups excluding tert-OH is 1. The number of aromatic nitrogens is 3. The highest BCUT2D eigenvalue weighted by molar-refractivity contribution is 7.98. The van der Waals surface area contributed by atoms with Crippen LogP contribution in [-0.4, -0.2) is 45.3 Å². The van der Waals surface area contributed by atoms with Gasteiger partial charge in [-0.05, 0) is 36.8 Å². The zero-order valence-electron chi connectivity index (χ0n) is 13.6. The van der Waals surface area contributed by atoms with Crippen molar-refractivity contribution in [2.24, 2.45) is 0 Å². The Morgan fingerprint density at radius 2 is 2.30 bits per heavy atom. The third-order valence-corrected chi connectivity index (χ3v) is 4.95. The Hall–Kier alpha value is -1.37. The molecule has 6 heteroatoms. The second kappa shape index (κ2) is 7.47. The van der Waals surface area contributed by atoms with Crippen LogP contribution in [0.3, 0.4) is 0 Å². The van der Waals surface area contributed by atoms with Gasteiger partial charge in [0.1, 0.15) is 11.4 Å². The number of aliphatic hydroxyl groups is 1. The van der Waals surface area contributed by atoms with Crippen molar-refractivity contribution >= 4 is 17.3 Å². The van der Waals surface area contributed by atoms with Crippen molar-refractivity contribution in [2.45, 2.75) is 43.2 Å². The Labute approximate surface area is 140 Å². The summed E-state index contributed by atoms with van der Waals surface area (Å²) in [5, 5.41) is 15.6. The fraction of sp³-hybridized carbons (Fsp3) is 0.529. The van der Waals surface area contributed by atoms with Crippen molar-refractivity contribution < 1.29 is 9.84 Å². The molecule has 0 amide bonds. The first-order valence-corrected chi connectivity index (χ1v) is 9.30. The van der Waals surface area contributed by atoms with Crippen LogP contribution in [-0.2, 0) is 4.74 Å². The lowest BCUT2D eigenvalue weighted by molar-refractivity contribution is 0.126. The van der Waals surface area contributed by atoms with Gasteiger partial charge in [-0.15, -0.1) is 11.8 Å². The van der Waals surface area contributed by atoms with Crippen LogP contribution in [0.1, 0.15) is 37.8 Å². The standard InChI is InChI=1S/C17H23N3O2S/c1-3-4-7-22-10-13-8-12(9-16(13)21)14-5-6-15-17(23-2)18-11-19-20(14)15/h5-6,8,11-12,16,21H,3-4,7,9-10H2,1-2H3/t12-,16-/m1/s1. The summed E-state index contributed by atoms with van der Waals surface area (Å²) in [6.07, 6.45) is 8.19. The highest BCUT2D eigenvalue weighted by atomic mass is 32.2. The second-order valence-electron chi connectivity index (χ2n) is 5.83. The molecule has 5 nitrogen and oxygen atoms in total. The third-order valence-electron chi connectivity index (χ3n) is 4.25. The predicted molar refractivity (Wildman–Crippen MR) is 91.9 cm³/mol.